The number of nitrogens with one attached hydrogen (secondary N) is 1. The van der Waals surface area contributed by atoms with Crippen molar-refractivity contribution in [2.75, 3.05) is 5.73 Å². The summed E-state index contributed by atoms with van der Waals surface area (Å²) >= 11 is 0. The molecule has 0 aliphatic rings. The monoisotopic (exact) mass is 396 g/mol. The fourth-order valence-electron chi connectivity index (χ4n) is 2.25. The number of hydrogen-bond donors (Lipinski definition) is 2. The Kier molecular flexibility index (Phi) is 6.05. The van der Waals surface area contributed by atoms with Crippen molar-refractivity contribution >= 4 is 23.8 Å². The lowest BCUT2D eigenvalue weighted by Crippen LogP contribution is -2.24. The first-order valence-corrected chi connectivity index (χ1v) is 8.31. The SMILES string of the molecule is Nc1nnn(CC(=O)NN=Cc2ccccc2OCc2ccc([N+](=O)[O-])cc2)n1. The highest BCUT2D eigenvalue weighted by Crippen LogP contribution is 2.19. The van der Waals surface area contributed by atoms with Crippen LogP contribution in [0.25, 0.3) is 0 Å². The molecule has 1 amide bonds. The summed E-state index contributed by atoms with van der Waals surface area (Å²) in [6, 6.07) is 13.2. The van der Waals surface area contributed by atoms with Gasteiger partial charge in [0.2, 0.25) is 0 Å². The van der Waals surface area contributed by atoms with Crippen molar-refractivity contribution in [2.24, 2.45) is 5.10 Å². The molecule has 0 saturated heterocycles. The number of nitrogens with zero attached hydrogens (tertiary/aromatic N) is 6. The highest BCUT2D eigenvalue weighted by atomic mass is 16.6. The van der Waals surface area contributed by atoms with E-state index in [-0.39, 0.29) is 24.8 Å². The van der Waals surface area contributed by atoms with Gasteiger partial charge in [-0.25, -0.2) is 5.43 Å². The first-order valence-electron chi connectivity index (χ1n) is 8.31. The third kappa shape index (κ3) is 5.56. The molecule has 3 N–H and O–H groups in total. The predicted octanol–water partition coefficient (Wildman–Crippen LogP) is 0.893. The molecule has 12 heteroatoms. The molecule has 1 heterocycles. The van der Waals surface area contributed by atoms with Crippen LogP contribution in [0.3, 0.4) is 0 Å². The molecule has 3 aromatic rings. The predicted molar refractivity (Wildman–Crippen MR) is 102 cm³/mol. The second-order valence-corrected chi connectivity index (χ2v) is 5.72. The Bertz CT molecular complexity index is 1030. The number of benzene rings is 2. The van der Waals surface area contributed by atoms with Crippen LogP contribution in [0.5, 0.6) is 5.75 Å². The molecule has 0 fully saturated rings. The van der Waals surface area contributed by atoms with E-state index in [1.54, 1.807) is 36.4 Å². The van der Waals surface area contributed by atoms with E-state index in [0.717, 1.165) is 10.4 Å². The van der Waals surface area contributed by atoms with Gasteiger partial charge in [-0.15, -0.1) is 5.10 Å². The lowest BCUT2D eigenvalue weighted by molar-refractivity contribution is -0.384. The number of hydrogen-bond acceptors (Lipinski definition) is 9. The van der Waals surface area contributed by atoms with Gasteiger partial charge in [0.1, 0.15) is 18.9 Å². The van der Waals surface area contributed by atoms with Crippen LogP contribution in [0.15, 0.2) is 53.6 Å². The summed E-state index contributed by atoms with van der Waals surface area (Å²) in [5, 5.41) is 25.3. The molecule has 29 heavy (non-hydrogen) atoms. The van der Waals surface area contributed by atoms with Gasteiger partial charge in [0.25, 0.3) is 17.5 Å². The molecule has 0 saturated carbocycles. The van der Waals surface area contributed by atoms with E-state index in [9.17, 15) is 14.9 Å². The quantitative estimate of drug-likeness (QED) is 0.322. The van der Waals surface area contributed by atoms with E-state index in [1.807, 2.05) is 0 Å². The summed E-state index contributed by atoms with van der Waals surface area (Å²) in [7, 11) is 0. The third-order valence-electron chi connectivity index (χ3n) is 3.61. The standard InChI is InChI=1S/C17H16N8O4/c18-17-21-23-24(22-17)10-16(26)20-19-9-13-3-1-2-4-15(13)29-11-12-5-7-14(8-6-12)25(27)28/h1-9H,10-11H2,(H2,18,22)(H,20,26). The summed E-state index contributed by atoms with van der Waals surface area (Å²) in [4.78, 5) is 23.1. The van der Waals surface area contributed by atoms with Crippen molar-refractivity contribution in [3.63, 3.8) is 0 Å². The van der Waals surface area contributed by atoms with Gasteiger partial charge < -0.3 is 10.5 Å². The van der Waals surface area contributed by atoms with E-state index in [0.29, 0.717) is 11.3 Å². The molecule has 3 rings (SSSR count). The fourth-order valence-corrected chi connectivity index (χ4v) is 2.25. The second kappa shape index (κ2) is 9.03. The number of nitrogen functional groups attached to an aromatic ring is 1. The van der Waals surface area contributed by atoms with E-state index < -0.39 is 10.8 Å². The topological polar surface area (TPSA) is 163 Å². The molecule has 0 bridgehead atoms. The van der Waals surface area contributed by atoms with Crippen LogP contribution in [-0.4, -0.2) is 37.3 Å². The van der Waals surface area contributed by atoms with E-state index >= 15 is 0 Å². The van der Waals surface area contributed by atoms with Gasteiger partial charge in [-0.2, -0.15) is 9.90 Å². The van der Waals surface area contributed by atoms with E-state index in [1.165, 1.54) is 18.3 Å². The van der Waals surface area contributed by atoms with Crippen LogP contribution in [0.1, 0.15) is 11.1 Å². The number of carbonyl (C=O) groups is 1. The molecule has 0 spiro atoms. The minimum absolute atomic E-state index is 0.0146. The van der Waals surface area contributed by atoms with Gasteiger partial charge in [-0.3, -0.25) is 14.9 Å². The minimum atomic E-state index is -0.460. The summed E-state index contributed by atoms with van der Waals surface area (Å²) in [6.07, 6.45) is 1.44. The van der Waals surface area contributed by atoms with Crippen LogP contribution in [-0.2, 0) is 17.9 Å². The lowest BCUT2D eigenvalue weighted by Gasteiger charge is -2.09. The number of amides is 1. The van der Waals surface area contributed by atoms with Crippen molar-refractivity contribution in [3.05, 3.63) is 69.8 Å². The van der Waals surface area contributed by atoms with Crippen LogP contribution in [0.4, 0.5) is 11.6 Å². The number of aromatic nitrogens is 4. The first kappa shape index (κ1) is 19.4. The number of nitrogens with two attached hydrogens (primary N) is 1. The molecule has 2 aromatic carbocycles. The molecule has 1 aromatic heterocycles. The zero-order chi connectivity index (χ0) is 20.6. The second-order valence-electron chi connectivity index (χ2n) is 5.72. The van der Waals surface area contributed by atoms with Crippen molar-refractivity contribution in [3.8, 4) is 5.75 Å². The number of para-hydroxylation sites is 1. The van der Waals surface area contributed by atoms with Crippen molar-refractivity contribution in [2.45, 2.75) is 13.2 Å². The molecule has 0 aliphatic carbocycles. The average Bonchev–Trinajstić information content (AvgIpc) is 3.12. The molecular weight excluding hydrogens is 380 g/mol. The Morgan fingerprint density at radius 2 is 2.03 bits per heavy atom. The van der Waals surface area contributed by atoms with E-state index in [2.05, 4.69) is 25.9 Å². The Morgan fingerprint density at radius 3 is 2.72 bits per heavy atom. The zero-order valence-corrected chi connectivity index (χ0v) is 15.0. The number of anilines is 1. The van der Waals surface area contributed by atoms with Crippen LogP contribution >= 0.6 is 0 Å². The number of carbonyl (C=O) groups excluding carboxylic acids is 1. The Morgan fingerprint density at radius 1 is 1.28 bits per heavy atom. The van der Waals surface area contributed by atoms with E-state index in [4.69, 9.17) is 10.5 Å². The van der Waals surface area contributed by atoms with Gasteiger partial charge >= 0.3 is 0 Å². The fraction of sp³-hybridized carbons (Fsp3) is 0.118. The maximum atomic E-state index is 11.8. The Balaban J connectivity index is 1.57. The maximum Gasteiger partial charge on any atom is 0.269 e. The number of non-ortho nitro benzene ring substituents is 1. The number of tetrazole rings is 1. The van der Waals surface area contributed by atoms with Crippen molar-refractivity contribution in [1.29, 1.82) is 0 Å². The Hall–Kier alpha value is -4.35. The Labute approximate surface area is 164 Å². The smallest absolute Gasteiger partial charge is 0.269 e. The number of ether oxygens (including phenoxy) is 1. The molecule has 12 nitrogen and oxygen atoms in total. The zero-order valence-electron chi connectivity index (χ0n) is 15.0. The third-order valence-corrected chi connectivity index (χ3v) is 3.61. The molecule has 0 unspecified atom stereocenters. The highest BCUT2D eigenvalue weighted by Gasteiger charge is 2.07. The van der Waals surface area contributed by atoms with Gasteiger partial charge in [-0.05, 0) is 35.0 Å². The summed E-state index contributed by atoms with van der Waals surface area (Å²) in [5.74, 6) is 0.0536. The summed E-state index contributed by atoms with van der Waals surface area (Å²) < 4.78 is 5.76. The van der Waals surface area contributed by atoms with Gasteiger partial charge in [-0.1, -0.05) is 17.2 Å². The van der Waals surface area contributed by atoms with Crippen LogP contribution < -0.4 is 15.9 Å². The molecule has 0 aliphatic heterocycles. The van der Waals surface area contributed by atoms with Crippen LogP contribution in [0.2, 0.25) is 0 Å². The number of nitro benzene ring substituents is 1. The molecule has 0 radical (unpaired) electrons. The van der Waals surface area contributed by atoms with Gasteiger partial charge in [0.05, 0.1) is 11.1 Å². The normalized spacial score (nSPS) is 10.8. The first-order chi connectivity index (χ1) is 14.0. The van der Waals surface area contributed by atoms with Crippen LogP contribution in [0, 0.1) is 10.1 Å². The summed E-state index contributed by atoms with van der Waals surface area (Å²) in [5.41, 5.74) is 9.10. The minimum Gasteiger partial charge on any atom is -0.488 e. The maximum absolute atomic E-state index is 11.8. The molecular formula is C17H16N8O4. The van der Waals surface area contributed by atoms with Crippen molar-refractivity contribution in [1.82, 2.24) is 25.6 Å². The van der Waals surface area contributed by atoms with Gasteiger partial charge in [0.15, 0.2) is 0 Å². The number of nitro groups is 1. The lowest BCUT2D eigenvalue weighted by atomic mass is 10.2. The number of hydrazone groups is 1. The molecule has 148 valence electrons. The average molecular weight is 396 g/mol. The number of rotatable bonds is 8. The largest absolute Gasteiger partial charge is 0.488 e. The highest BCUT2D eigenvalue weighted by molar-refractivity contribution is 5.85. The molecule has 0 atom stereocenters. The summed E-state index contributed by atoms with van der Waals surface area (Å²) in [6.45, 7) is 0.0361. The van der Waals surface area contributed by atoms with Crippen molar-refractivity contribution < 1.29 is 14.5 Å². The van der Waals surface area contributed by atoms with Gasteiger partial charge in [0, 0.05) is 17.7 Å².